The minimum atomic E-state index is -0.171. The number of anilines is 1. The molecular formula is C17H19BrN2O. The van der Waals surface area contributed by atoms with E-state index >= 15 is 0 Å². The summed E-state index contributed by atoms with van der Waals surface area (Å²) in [6.07, 6.45) is 0.793. The maximum absolute atomic E-state index is 11.9. The molecule has 2 aromatic carbocycles. The molecule has 0 atom stereocenters. The summed E-state index contributed by atoms with van der Waals surface area (Å²) in [5.74, 6) is 0. The minimum absolute atomic E-state index is 0.171. The molecule has 0 bridgehead atoms. The van der Waals surface area contributed by atoms with E-state index in [1.54, 1.807) is 0 Å². The molecule has 0 radical (unpaired) electrons. The van der Waals surface area contributed by atoms with Gasteiger partial charge in [0.2, 0.25) is 0 Å². The van der Waals surface area contributed by atoms with Gasteiger partial charge < -0.3 is 10.6 Å². The Bertz CT molecular complexity index is 640. The predicted octanol–water partition coefficient (Wildman–Crippen LogP) is 4.43. The molecular weight excluding hydrogens is 328 g/mol. The van der Waals surface area contributed by atoms with E-state index in [0.717, 1.165) is 22.1 Å². The molecule has 2 rings (SSSR count). The molecule has 0 saturated heterocycles. The number of carbonyl (C=O) groups is 1. The molecule has 0 heterocycles. The van der Waals surface area contributed by atoms with E-state index in [1.165, 1.54) is 11.1 Å². The lowest BCUT2D eigenvalue weighted by molar-refractivity contribution is 0.252. The number of benzene rings is 2. The Morgan fingerprint density at radius 2 is 1.86 bits per heavy atom. The van der Waals surface area contributed by atoms with Crippen LogP contribution in [0.15, 0.2) is 46.9 Å². The Labute approximate surface area is 133 Å². The average molecular weight is 347 g/mol. The van der Waals surface area contributed by atoms with Gasteiger partial charge in [0.25, 0.3) is 0 Å². The number of hydrogen-bond donors (Lipinski definition) is 2. The zero-order valence-corrected chi connectivity index (χ0v) is 13.8. The van der Waals surface area contributed by atoms with Gasteiger partial charge in [-0.2, -0.15) is 0 Å². The van der Waals surface area contributed by atoms with Crippen LogP contribution < -0.4 is 10.6 Å². The fourth-order valence-corrected chi connectivity index (χ4v) is 2.55. The van der Waals surface area contributed by atoms with Gasteiger partial charge in [-0.1, -0.05) is 46.3 Å². The summed E-state index contributed by atoms with van der Waals surface area (Å²) in [5.41, 5.74) is 4.30. The summed E-state index contributed by atoms with van der Waals surface area (Å²) in [4.78, 5) is 11.9. The summed E-state index contributed by atoms with van der Waals surface area (Å²) >= 11 is 3.51. The molecule has 0 aromatic heterocycles. The summed E-state index contributed by atoms with van der Waals surface area (Å²) < 4.78 is 1.07. The molecule has 0 fully saturated rings. The minimum Gasteiger partial charge on any atom is -0.338 e. The predicted molar refractivity (Wildman–Crippen MR) is 90.8 cm³/mol. The van der Waals surface area contributed by atoms with Gasteiger partial charge in [0.15, 0.2) is 0 Å². The first-order valence-corrected chi connectivity index (χ1v) is 7.71. The summed E-state index contributed by atoms with van der Waals surface area (Å²) in [6.45, 7) is 4.64. The van der Waals surface area contributed by atoms with Crippen LogP contribution in [0, 0.1) is 13.8 Å². The molecule has 110 valence electrons. The van der Waals surface area contributed by atoms with Crippen LogP contribution in [0.2, 0.25) is 0 Å². The van der Waals surface area contributed by atoms with Crippen LogP contribution in [0.5, 0.6) is 0 Å². The first-order valence-electron chi connectivity index (χ1n) is 6.92. The maximum atomic E-state index is 11.9. The van der Waals surface area contributed by atoms with Gasteiger partial charge in [-0.25, -0.2) is 4.79 Å². The quantitative estimate of drug-likeness (QED) is 0.844. The van der Waals surface area contributed by atoms with Crippen molar-refractivity contribution in [1.29, 1.82) is 0 Å². The van der Waals surface area contributed by atoms with Crippen LogP contribution in [0.3, 0.4) is 0 Å². The number of halogens is 1. The van der Waals surface area contributed by atoms with Crippen LogP contribution >= 0.6 is 15.9 Å². The smallest absolute Gasteiger partial charge is 0.319 e. The van der Waals surface area contributed by atoms with E-state index in [4.69, 9.17) is 0 Å². The van der Waals surface area contributed by atoms with E-state index < -0.39 is 0 Å². The fourth-order valence-electron chi connectivity index (χ4n) is 2.06. The molecule has 0 spiro atoms. The van der Waals surface area contributed by atoms with Crippen LogP contribution in [0.25, 0.3) is 0 Å². The highest BCUT2D eigenvalue weighted by Gasteiger charge is 2.05. The Balaban J connectivity index is 1.85. The maximum Gasteiger partial charge on any atom is 0.319 e. The SMILES string of the molecule is Cc1cccc(NC(=O)NCCc2ccccc2Br)c1C. The fraction of sp³-hybridized carbons (Fsp3) is 0.235. The van der Waals surface area contributed by atoms with Gasteiger partial charge in [0.05, 0.1) is 0 Å². The monoisotopic (exact) mass is 346 g/mol. The molecule has 0 aliphatic heterocycles. The van der Waals surface area contributed by atoms with Crippen molar-refractivity contribution in [3.63, 3.8) is 0 Å². The average Bonchev–Trinajstić information content (AvgIpc) is 2.46. The molecule has 2 aromatic rings. The number of urea groups is 1. The topological polar surface area (TPSA) is 41.1 Å². The second-order valence-corrected chi connectivity index (χ2v) is 5.82. The number of nitrogens with one attached hydrogen (secondary N) is 2. The van der Waals surface area contributed by atoms with E-state index in [2.05, 4.69) is 26.6 Å². The van der Waals surface area contributed by atoms with Gasteiger partial charge in [0, 0.05) is 16.7 Å². The van der Waals surface area contributed by atoms with Gasteiger partial charge in [-0.05, 0) is 49.1 Å². The van der Waals surface area contributed by atoms with Crippen molar-refractivity contribution >= 4 is 27.6 Å². The Morgan fingerprint density at radius 1 is 1.10 bits per heavy atom. The van der Waals surface area contributed by atoms with Gasteiger partial charge >= 0.3 is 6.03 Å². The molecule has 0 unspecified atom stereocenters. The van der Waals surface area contributed by atoms with E-state index in [0.29, 0.717) is 6.54 Å². The number of rotatable bonds is 4. The number of aryl methyl sites for hydroxylation is 1. The zero-order chi connectivity index (χ0) is 15.2. The number of hydrogen-bond acceptors (Lipinski definition) is 1. The standard InChI is InChI=1S/C17H19BrN2O/c1-12-6-5-9-16(13(12)2)20-17(21)19-11-10-14-7-3-4-8-15(14)18/h3-9H,10-11H2,1-2H3,(H2,19,20,21). The second-order valence-electron chi connectivity index (χ2n) is 4.97. The molecule has 2 amide bonds. The van der Waals surface area contributed by atoms with E-state index in [1.807, 2.05) is 56.3 Å². The van der Waals surface area contributed by atoms with Crippen molar-refractivity contribution < 1.29 is 4.79 Å². The van der Waals surface area contributed by atoms with Crippen molar-refractivity contribution in [3.05, 3.63) is 63.6 Å². The second kappa shape index (κ2) is 7.27. The first-order chi connectivity index (χ1) is 10.1. The highest BCUT2D eigenvalue weighted by atomic mass is 79.9. The lowest BCUT2D eigenvalue weighted by atomic mass is 10.1. The summed E-state index contributed by atoms with van der Waals surface area (Å²) in [5, 5.41) is 5.77. The van der Waals surface area contributed by atoms with Crippen LogP contribution in [0.1, 0.15) is 16.7 Å². The first kappa shape index (κ1) is 15.6. The van der Waals surface area contributed by atoms with Crippen LogP contribution in [-0.4, -0.2) is 12.6 Å². The molecule has 2 N–H and O–H groups in total. The van der Waals surface area contributed by atoms with Crippen molar-refractivity contribution in [3.8, 4) is 0 Å². The van der Waals surface area contributed by atoms with Crippen molar-refractivity contribution in [1.82, 2.24) is 5.32 Å². The third kappa shape index (κ3) is 4.33. The Hall–Kier alpha value is -1.81. The molecule has 21 heavy (non-hydrogen) atoms. The molecule has 3 nitrogen and oxygen atoms in total. The number of amides is 2. The van der Waals surface area contributed by atoms with Crippen molar-refractivity contribution in [2.45, 2.75) is 20.3 Å². The van der Waals surface area contributed by atoms with Crippen LogP contribution in [-0.2, 0) is 6.42 Å². The third-order valence-electron chi connectivity index (χ3n) is 3.49. The molecule has 4 heteroatoms. The Kier molecular flexibility index (Phi) is 5.39. The normalized spacial score (nSPS) is 10.2. The van der Waals surface area contributed by atoms with E-state index in [-0.39, 0.29) is 6.03 Å². The third-order valence-corrected chi connectivity index (χ3v) is 4.26. The van der Waals surface area contributed by atoms with Crippen molar-refractivity contribution in [2.75, 3.05) is 11.9 Å². The van der Waals surface area contributed by atoms with Gasteiger partial charge in [-0.3, -0.25) is 0 Å². The summed E-state index contributed by atoms with van der Waals surface area (Å²) in [6, 6.07) is 13.8. The molecule has 0 aliphatic carbocycles. The van der Waals surface area contributed by atoms with E-state index in [9.17, 15) is 4.79 Å². The lowest BCUT2D eigenvalue weighted by Gasteiger charge is -2.11. The molecule has 0 aliphatic rings. The van der Waals surface area contributed by atoms with Crippen LogP contribution in [0.4, 0.5) is 10.5 Å². The highest BCUT2D eigenvalue weighted by molar-refractivity contribution is 9.10. The largest absolute Gasteiger partial charge is 0.338 e. The van der Waals surface area contributed by atoms with Crippen molar-refractivity contribution in [2.24, 2.45) is 0 Å². The summed E-state index contributed by atoms with van der Waals surface area (Å²) in [7, 11) is 0. The highest BCUT2D eigenvalue weighted by Crippen LogP contribution is 2.18. The number of carbonyl (C=O) groups excluding carboxylic acids is 1. The zero-order valence-electron chi connectivity index (χ0n) is 12.2. The van der Waals surface area contributed by atoms with Gasteiger partial charge in [-0.15, -0.1) is 0 Å². The lowest BCUT2D eigenvalue weighted by Crippen LogP contribution is -2.30. The molecule has 0 saturated carbocycles. The van der Waals surface area contributed by atoms with Gasteiger partial charge in [0.1, 0.15) is 0 Å². The Morgan fingerprint density at radius 3 is 2.62 bits per heavy atom.